The highest BCUT2D eigenvalue weighted by Crippen LogP contribution is 2.41. The lowest BCUT2D eigenvalue weighted by Crippen LogP contribution is -2.32. The van der Waals surface area contributed by atoms with Gasteiger partial charge in [0.1, 0.15) is 17.6 Å². The molecule has 1 amide bonds. The van der Waals surface area contributed by atoms with Crippen molar-refractivity contribution in [3.05, 3.63) is 107 Å². The summed E-state index contributed by atoms with van der Waals surface area (Å²) in [7, 11) is 0. The van der Waals surface area contributed by atoms with E-state index in [-0.39, 0.29) is 24.4 Å². The normalized spacial score (nSPS) is 17.2. The number of carbonyl (C=O) groups excluding carboxylic acids is 1. The van der Waals surface area contributed by atoms with Crippen LogP contribution in [0.15, 0.2) is 93.9 Å². The Balaban J connectivity index is 1.42. The number of amides is 1. The lowest BCUT2D eigenvalue weighted by atomic mass is 10.0. The third-order valence-electron chi connectivity index (χ3n) is 6.14. The molecular formula is C28H25BrN4O2S. The van der Waals surface area contributed by atoms with Crippen LogP contribution in [-0.4, -0.2) is 27.4 Å². The van der Waals surface area contributed by atoms with Gasteiger partial charge in [0.2, 0.25) is 5.91 Å². The molecule has 182 valence electrons. The van der Waals surface area contributed by atoms with Crippen LogP contribution in [0.5, 0.6) is 0 Å². The maximum atomic E-state index is 12.7. The van der Waals surface area contributed by atoms with Crippen LogP contribution in [0.3, 0.4) is 0 Å². The molecule has 3 heterocycles. The van der Waals surface area contributed by atoms with Crippen LogP contribution in [-0.2, 0) is 4.79 Å². The molecule has 2 N–H and O–H groups in total. The fourth-order valence-corrected chi connectivity index (χ4v) is 5.42. The van der Waals surface area contributed by atoms with Gasteiger partial charge in [-0.3, -0.25) is 9.78 Å². The number of anilines is 1. The zero-order chi connectivity index (χ0) is 25.1. The second-order valence-electron chi connectivity index (χ2n) is 8.67. The first-order chi connectivity index (χ1) is 17.5. The van der Waals surface area contributed by atoms with E-state index in [0.717, 1.165) is 38.5 Å². The molecule has 2 aromatic carbocycles. The maximum absolute atomic E-state index is 12.7. The minimum Gasteiger partial charge on any atom is -0.459 e. The van der Waals surface area contributed by atoms with E-state index in [9.17, 15) is 4.79 Å². The van der Waals surface area contributed by atoms with Gasteiger partial charge in [-0.15, -0.1) is 0 Å². The van der Waals surface area contributed by atoms with Gasteiger partial charge in [0, 0.05) is 34.9 Å². The second kappa shape index (κ2) is 10.6. The van der Waals surface area contributed by atoms with E-state index in [2.05, 4.69) is 50.6 Å². The summed E-state index contributed by atoms with van der Waals surface area (Å²) >= 11 is 9.37. The fraction of sp³-hybridized carbons (Fsp3) is 0.179. The Morgan fingerprint density at radius 2 is 1.92 bits per heavy atom. The molecule has 0 aliphatic carbocycles. The minimum atomic E-state index is -0.255. The van der Waals surface area contributed by atoms with Crippen LogP contribution < -0.4 is 10.6 Å². The van der Waals surface area contributed by atoms with Crippen LogP contribution in [0.2, 0.25) is 0 Å². The number of furan rings is 1. The Kier molecular flexibility index (Phi) is 7.16. The summed E-state index contributed by atoms with van der Waals surface area (Å²) in [5.41, 5.74) is 3.77. The number of thiocarbonyl (C=S) groups is 1. The van der Waals surface area contributed by atoms with Gasteiger partial charge in [0.25, 0.3) is 0 Å². The third kappa shape index (κ3) is 5.20. The monoisotopic (exact) mass is 560 g/mol. The minimum absolute atomic E-state index is 0.0762. The van der Waals surface area contributed by atoms with Crippen LogP contribution >= 0.6 is 28.1 Å². The number of rotatable bonds is 7. The molecule has 1 aliphatic heterocycles. The van der Waals surface area contributed by atoms with Crippen molar-refractivity contribution in [3.8, 4) is 11.3 Å². The van der Waals surface area contributed by atoms with E-state index in [1.807, 2.05) is 71.6 Å². The summed E-state index contributed by atoms with van der Waals surface area (Å²) in [4.78, 5) is 19.3. The Labute approximate surface area is 223 Å². The molecule has 4 aromatic rings. The number of pyridine rings is 1. The van der Waals surface area contributed by atoms with Gasteiger partial charge in [-0.25, -0.2) is 0 Å². The highest BCUT2D eigenvalue weighted by atomic mass is 79.9. The van der Waals surface area contributed by atoms with Crippen molar-refractivity contribution >= 4 is 44.9 Å². The summed E-state index contributed by atoms with van der Waals surface area (Å²) in [5, 5.41) is 6.92. The smallest absolute Gasteiger partial charge is 0.226 e. The number of nitrogens with zero attached hydrogens (tertiary/aromatic N) is 2. The molecule has 0 spiro atoms. The van der Waals surface area contributed by atoms with Gasteiger partial charge < -0.3 is 20.0 Å². The molecule has 8 heteroatoms. The van der Waals surface area contributed by atoms with Gasteiger partial charge in [-0.1, -0.05) is 46.3 Å². The maximum Gasteiger partial charge on any atom is 0.226 e. The summed E-state index contributed by atoms with van der Waals surface area (Å²) < 4.78 is 7.38. The summed E-state index contributed by atoms with van der Waals surface area (Å²) in [6.07, 6.45) is 2.04. The highest BCUT2D eigenvalue weighted by Gasteiger charge is 2.41. The number of carbonyl (C=O) groups is 1. The summed E-state index contributed by atoms with van der Waals surface area (Å²) in [5.74, 6) is 1.44. The lowest BCUT2D eigenvalue weighted by Gasteiger charge is -2.25. The van der Waals surface area contributed by atoms with E-state index >= 15 is 0 Å². The number of halogens is 1. The highest BCUT2D eigenvalue weighted by molar-refractivity contribution is 9.10. The number of para-hydroxylation sites is 1. The topological polar surface area (TPSA) is 70.4 Å². The molecule has 0 unspecified atom stereocenters. The molecule has 6 nitrogen and oxygen atoms in total. The molecule has 5 rings (SSSR count). The molecule has 2 aromatic heterocycles. The summed E-state index contributed by atoms with van der Waals surface area (Å²) in [6, 6.07) is 24.9. The molecule has 1 fully saturated rings. The zero-order valence-electron chi connectivity index (χ0n) is 19.6. The van der Waals surface area contributed by atoms with Crippen molar-refractivity contribution in [1.29, 1.82) is 0 Å². The standard InChI is InChI=1S/C28H25BrN4O2S/c1-18-10-11-20(21(29)17-18)23-12-13-24(35-23)27-26(22-9-5-6-15-30-22)32-28(36)33(27)16-14-25(34)31-19-7-3-2-4-8-19/h2-13,15,17,26-27H,14,16H2,1H3,(H,31,34)(H,32,36)/t26-,27+/m0/s1. The Morgan fingerprint density at radius 1 is 1.11 bits per heavy atom. The van der Waals surface area contributed by atoms with E-state index in [4.69, 9.17) is 16.6 Å². The average Bonchev–Trinajstić information content (AvgIpc) is 3.48. The van der Waals surface area contributed by atoms with Crippen molar-refractivity contribution in [3.63, 3.8) is 0 Å². The number of nitrogens with one attached hydrogen (secondary N) is 2. The van der Waals surface area contributed by atoms with Crippen LogP contribution in [0.25, 0.3) is 11.3 Å². The van der Waals surface area contributed by atoms with Gasteiger partial charge in [-0.05, 0) is 73.2 Å². The van der Waals surface area contributed by atoms with Crippen molar-refractivity contribution in [2.75, 3.05) is 11.9 Å². The Hall–Kier alpha value is -3.49. The lowest BCUT2D eigenvalue weighted by molar-refractivity contribution is -0.116. The average molecular weight is 562 g/mol. The number of aryl methyl sites for hydroxylation is 1. The quantitative estimate of drug-likeness (QED) is 0.254. The molecule has 1 aliphatic rings. The molecule has 1 saturated heterocycles. The Morgan fingerprint density at radius 3 is 2.67 bits per heavy atom. The van der Waals surface area contributed by atoms with Gasteiger partial charge in [0.15, 0.2) is 5.11 Å². The van der Waals surface area contributed by atoms with E-state index < -0.39 is 0 Å². The molecule has 36 heavy (non-hydrogen) atoms. The van der Waals surface area contributed by atoms with Crippen molar-refractivity contribution < 1.29 is 9.21 Å². The van der Waals surface area contributed by atoms with Gasteiger partial charge >= 0.3 is 0 Å². The van der Waals surface area contributed by atoms with Crippen molar-refractivity contribution in [2.24, 2.45) is 0 Å². The van der Waals surface area contributed by atoms with Crippen molar-refractivity contribution in [1.82, 2.24) is 15.2 Å². The first kappa shape index (κ1) is 24.2. The largest absolute Gasteiger partial charge is 0.459 e. The number of hydrogen-bond donors (Lipinski definition) is 2. The molecule has 0 bridgehead atoms. The van der Waals surface area contributed by atoms with E-state index in [1.165, 1.54) is 0 Å². The van der Waals surface area contributed by atoms with E-state index in [0.29, 0.717) is 11.7 Å². The zero-order valence-corrected chi connectivity index (χ0v) is 22.1. The van der Waals surface area contributed by atoms with Gasteiger partial charge in [0.05, 0.1) is 11.7 Å². The molecule has 0 radical (unpaired) electrons. The molecule has 2 atom stereocenters. The molecule has 0 saturated carbocycles. The van der Waals surface area contributed by atoms with Crippen LogP contribution in [0, 0.1) is 6.92 Å². The second-order valence-corrected chi connectivity index (χ2v) is 9.91. The van der Waals surface area contributed by atoms with Crippen LogP contribution in [0.1, 0.15) is 35.5 Å². The predicted molar refractivity (Wildman–Crippen MR) is 148 cm³/mol. The van der Waals surface area contributed by atoms with Gasteiger partial charge in [-0.2, -0.15) is 0 Å². The SMILES string of the molecule is Cc1ccc(-c2ccc([C@@H]3[C@H](c4ccccn4)NC(=S)N3CCC(=O)Nc3ccccc3)o2)c(Br)c1. The number of aromatic nitrogens is 1. The third-order valence-corrected chi connectivity index (χ3v) is 7.15. The fourth-order valence-electron chi connectivity index (χ4n) is 4.40. The number of benzene rings is 2. The first-order valence-electron chi connectivity index (χ1n) is 11.7. The van der Waals surface area contributed by atoms with Crippen LogP contribution in [0.4, 0.5) is 5.69 Å². The summed E-state index contributed by atoms with van der Waals surface area (Å²) in [6.45, 7) is 2.49. The van der Waals surface area contributed by atoms with Crippen molar-refractivity contribution in [2.45, 2.75) is 25.4 Å². The van der Waals surface area contributed by atoms with E-state index in [1.54, 1.807) is 6.20 Å². The predicted octanol–water partition coefficient (Wildman–Crippen LogP) is 6.41. The molecular weight excluding hydrogens is 536 g/mol. The Bertz CT molecular complexity index is 1380. The number of hydrogen-bond acceptors (Lipinski definition) is 4. The first-order valence-corrected chi connectivity index (χ1v) is 12.9.